The van der Waals surface area contributed by atoms with Crippen LogP contribution in [0, 0.1) is 0 Å². The van der Waals surface area contributed by atoms with Crippen LogP contribution < -0.4 is 10.1 Å². The van der Waals surface area contributed by atoms with E-state index in [1.807, 2.05) is 46.8 Å². The van der Waals surface area contributed by atoms with E-state index in [4.69, 9.17) is 27.9 Å². The van der Waals surface area contributed by atoms with Crippen LogP contribution in [0.2, 0.25) is 10.0 Å². The first-order chi connectivity index (χ1) is 14.0. The Morgan fingerprint density at radius 2 is 2.07 bits per heavy atom. The SMILES string of the molecule is Cn1c(Cn2cccn2)nc2cc(NC(=O)COc3ccc(Cl)cc3Cl)ccc21. The zero-order valence-corrected chi connectivity index (χ0v) is 17.0. The van der Waals surface area contributed by atoms with E-state index in [9.17, 15) is 4.79 Å². The van der Waals surface area contributed by atoms with Gasteiger partial charge < -0.3 is 14.6 Å². The van der Waals surface area contributed by atoms with Crippen molar-refractivity contribution in [2.45, 2.75) is 6.54 Å². The number of imidazole rings is 1. The summed E-state index contributed by atoms with van der Waals surface area (Å²) in [4.78, 5) is 16.9. The molecule has 2 aromatic carbocycles. The van der Waals surface area contributed by atoms with Crippen LogP contribution in [0.1, 0.15) is 5.82 Å². The summed E-state index contributed by atoms with van der Waals surface area (Å²) in [5, 5.41) is 7.88. The standard InChI is InChI=1S/C20H17Cl2N5O2/c1-26-17-5-4-14(10-16(17)25-19(26)11-27-8-2-7-23-27)24-20(28)12-29-18-6-3-13(21)9-15(18)22/h2-10H,11-12H2,1H3,(H,24,28). The lowest BCUT2D eigenvalue weighted by Crippen LogP contribution is -2.20. The maximum absolute atomic E-state index is 12.2. The highest BCUT2D eigenvalue weighted by Gasteiger charge is 2.11. The minimum absolute atomic E-state index is 0.174. The highest BCUT2D eigenvalue weighted by molar-refractivity contribution is 6.35. The summed E-state index contributed by atoms with van der Waals surface area (Å²) in [5.74, 6) is 0.964. The molecule has 0 aliphatic heterocycles. The summed E-state index contributed by atoms with van der Waals surface area (Å²) in [6.45, 7) is 0.391. The number of fused-ring (bicyclic) bond motifs is 1. The third-order valence-electron chi connectivity index (χ3n) is 4.37. The first kappa shape index (κ1) is 19.3. The van der Waals surface area contributed by atoms with Crippen molar-refractivity contribution in [3.63, 3.8) is 0 Å². The molecule has 0 spiro atoms. The fraction of sp³-hybridized carbons (Fsp3) is 0.150. The van der Waals surface area contributed by atoms with E-state index in [0.717, 1.165) is 16.9 Å². The van der Waals surface area contributed by atoms with Gasteiger partial charge in [-0.15, -0.1) is 0 Å². The molecule has 7 nitrogen and oxygen atoms in total. The van der Waals surface area contributed by atoms with Crippen molar-refractivity contribution in [2.75, 3.05) is 11.9 Å². The number of carbonyl (C=O) groups excluding carboxylic acids is 1. The van der Waals surface area contributed by atoms with Gasteiger partial charge in [-0.2, -0.15) is 5.10 Å². The summed E-state index contributed by atoms with van der Waals surface area (Å²) < 4.78 is 9.28. The number of hydrogen-bond acceptors (Lipinski definition) is 4. The Morgan fingerprint density at radius 3 is 2.83 bits per heavy atom. The predicted molar refractivity (Wildman–Crippen MR) is 113 cm³/mol. The number of aromatic nitrogens is 4. The zero-order valence-electron chi connectivity index (χ0n) is 15.5. The molecule has 0 fully saturated rings. The molecule has 0 aliphatic carbocycles. The molecule has 2 aromatic heterocycles. The van der Waals surface area contributed by atoms with Crippen molar-refractivity contribution < 1.29 is 9.53 Å². The van der Waals surface area contributed by atoms with Gasteiger partial charge in [0.15, 0.2) is 6.61 Å². The van der Waals surface area contributed by atoms with Crippen molar-refractivity contribution in [1.82, 2.24) is 19.3 Å². The molecule has 4 aromatic rings. The van der Waals surface area contributed by atoms with Crippen molar-refractivity contribution >= 4 is 45.8 Å². The first-order valence-corrected chi connectivity index (χ1v) is 9.55. The molecule has 0 saturated heterocycles. The number of anilines is 1. The second-order valence-corrected chi connectivity index (χ2v) is 7.25. The topological polar surface area (TPSA) is 74.0 Å². The molecule has 1 amide bonds. The van der Waals surface area contributed by atoms with Gasteiger partial charge in [0.25, 0.3) is 5.91 Å². The van der Waals surface area contributed by atoms with Crippen LogP contribution >= 0.6 is 23.2 Å². The number of ether oxygens (including phenoxy) is 1. The molecule has 9 heteroatoms. The Bertz CT molecular complexity index is 1170. The van der Waals surface area contributed by atoms with Crippen LogP contribution in [0.15, 0.2) is 54.9 Å². The molecule has 29 heavy (non-hydrogen) atoms. The Morgan fingerprint density at radius 1 is 1.21 bits per heavy atom. The van der Waals surface area contributed by atoms with Gasteiger partial charge in [-0.3, -0.25) is 9.48 Å². The van der Waals surface area contributed by atoms with Crippen molar-refractivity contribution in [2.24, 2.45) is 7.05 Å². The molecule has 2 heterocycles. The number of benzene rings is 2. The Labute approximate surface area is 176 Å². The average Bonchev–Trinajstić information content (AvgIpc) is 3.30. The second-order valence-electron chi connectivity index (χ2n) is 6.41. The fourth-order valence-corrected chi connectivity index (χ4v) is 3.40. The van der Waals surface area contributed by atoms with Crippen LogP contribution in [0.25, 0.3) is 11.0 Å². The lowest BCUT2D eigenvalue weighted by Gasteiger charge is -2.09. The molecule has 148 valence electrons. The molecule has 0 atom stereocenters. The highest BCUT2D eigenvalue weighted by Crippen LogP contribution is 2.27. The van der Waals surface area contributed by atoms with Gasteiger partial charge in [0.05, 0.1) is 22.6 Å². The Hall–Kier alpha value is -3.03. The second kappa shape index (κ2) is 8.14. The quantitative estimate of drug-likeness (QED) is 0.499. The number of amides is 1. The normalized spacial score (nSPS) is 11.0. The van der Waals surface area contributed by atoms with E-state index in [2.05, 4.69) is 15.4 Å². The Balaban J connectivity index is 1.44. The largest absolute Gasteiger partial charge is 0.482 e. The van der Waals surface area contributed by atoms with Gasteiger partial charge in [0, 0.05) is 30.2 Å². The van der Waals surface area contributed by atoms with Crippen molar-refractivity contribution in [1.29, 1.82) is 0 Å². The van der Waals surface area contributed by atoms with E-state index in [1.54, 1.807) is 24.4 Å². The van der Waals surface area contributed by atoms with Gasteiger partial charge in [0.1, 0.15) is 11.6 Å². The average molecular weight is 430 g/mol. The van der Waals surface area contributed by atoms with Gasteiger partial charge in [0.2, 0.25) is 0 Å². The lowest BCUT2D eigenvalue weighted by molar-refractivity contribution is -0.118. The Kier molecular flexibility index (Phi) is 5.42. The fourth-order valence-electron chi connectivity index (χ4n) is 2.94. The van der Waals surface area contributed by atoms with E-state index in [0.29, 0.717) is 28.0 Å². The molecule has 0 radical (unpaired) electrons. The van der Waals surface area contributed by atoms with Gasteiger partial charge in [-0.25, -0.2) is 4.98 Å². The molecule has 0 saturated carbocycles. The zero-order chi connectivity index (χ0) is 20.4. The number of aryl methyl sites for hydroxylation is 1. The van der Waals surface area contributed by atoms with Crippen molar-refractivity contribution in [3.05, 3.63) is 70.7 Å². The van der Waals surface area contributed by atoms with Crippen molar-refractivity contribution in [3.8, 4) is 5.75 Å². The van der Waals surface area contributed by atoms with E-state index in [-0.39, 0.29) is 12.5 Å². The maximum Gasteiger partial charge on any atom is 0.262 e. The summed E-state index contributed by atoms with van der Waals surface area (Å²) >= 11 is 11.9. The molecular formula is C20H17Cl2N5O2. The van der Waals surface area contributed by atoms with E-state index < -0.39 is 0 Å². The minimum atomic E-state index is -0.303. The number of halogens is 2. The number of carbonyl (C=O) groups is 1. The van der Waals surface area contributed by atoms with Gasteiger partial charge in [-0.1, -0.05) is 23.2 Å². The number of nitrogens with zero attached hydrogens (tertiary/aromatic N) is 4. The van der Waals surface area contributed by atoms with Crippen LogP contribution in [-0.4, -0.2) is 31.8 Å². The summed E-state index contributed by atoms with van der Waals surface area (Å²) in [6, 6.07) is 12.3. The molecule has 4 rings (SSSR count). The smallest absolute Gasteiger partial charge is 0.262 e. The molecule has 0 unspecified atom stereocenters. The van der Waals surface area contributed by atoms with Crippen LogP contribution in [-0.2, 0) is 18.4 Å². The van der Waals surface area contributed by atoms with Crippen LogP contribution in [0.4, 0.5) is 5.69 Å². The number of nitrogens with one attached hydrogen (secondary N) is 1. The molecule has 0 aliphatic rings. The first-order valence-electron chi connectivity index (χ1n) is 8.80. The minimum Gasteiger partial charge on any atom is -0.482 e. The lowest BCUT2D eigenvalue weighted by atomic mass is 10.2. The highest BCUT2D eigenvalue weighted by atomic mass is 35.5. The molecule has 1 N–H and O–H groups in total. The number of rotatable bonds is 6. The third-order valence-corrected chi connectivity index (χ3v) is 4.90. The summed E-state index contributed by atoms with van der Waals surface area (Å²) in [6.07, 6.45) is 3.62. The third kappa shape index (κ3) is 4.36. The molecule has 0 bridgehead atoms. The predicted octanol–water partition coefficient (Wildman–Crippen LogP) is 4.14. The monoisotopic (exact) mass is 429 g/mol. The summed E-state index contributed by atoms with van der Waals surface area (Å²) in [5.41, 5.74) is 2.39. The van der Waals surface area contributed by atoms with Crippen LogP contribution in [0.3, 0.4) is 0 Å². The van der Waals surface area contributed by atoms with Crippen LogP contribution in [0.5, 0.6) is 5.75 Å². The summed E-state index contributed by atoms with van der Waals surface area (Å²) in [7, 11) is 1.95. The van der Waals surface area contributed by atoms with Gasteiger partial charge >= 0.3 is 0 Å². The van der Waals surface area contributed by atoms with E-state index >= 15 is 0 Å². The maximum atomic E-state index is 12.2. The number of hydrogen-bond donors (Lipinski definition) is 1. The molecular weight excluding hydrogens is 413 g/mol. The van der Waals surface area contributed by atoms with E-state index in [1.165, 1.54) is 0 Å². The van der Waals surface area contributed by atoms with Gasteiger partial charge in [-0.05, 0) is 42.5 Å².